The zero-order valence-corrected chi connectivity index (χ0v) is 87.3. The molecule has 6 aliphatic rings. The van der Waals surface area contributed by atoms with Gasteiger partial charge in [0.05, 0.1) is 50.0 Å². The number of ether oxygens (including phenoxy) is 2. The van der Waals surface area contributed by atoms with E-state index in [2.05, 4.69) is 126 Å². The summed E-state index contributed by atoms with van der Waals surface area (Å²) in [4.78, 5) is 103. The Bertz CT molecular complexity index is 6010. The van der Waals surface area contributed by atoms with Gasteiger partial charge in [-0.2, -0.15) is 5.21 Å². The van der Waals surface area contributed by atoms with Crippen LogP contribution in [0, 0.1) is 35.0 Å². The molecule has 0 bridgehead atoms. The van der Waals surface area contributed by atoms with E-state index >= 15 is 0 Å². The molecule has 16 rings (SSSR count). The highest BCUT2D eigenvalue weighted by molar-refractivity contribution is 9.10. The summed E-state index contributed by atoms with van der Waals surface area (Å²) in [6.07, 6.45) is 19.6. The standard InChI is InChI=1S/C38H43Cl2N7O2.C36H40Cl2N2O3.C30H37BrN2O3.C6H5BCl2O2/c1-5-6-10-32(24-11-13-25(14-12-24)35(48)41-23-33-43-45-46-44-33)47-36(49)34(42-38(47)17-15-29(16-18-38)37(2,3)4)27-9-7-8-26(19-27)28-20-30(39)22-31(40)21-28;1-5-6-10-32(25-11-13-26(14-12-25)35(42)43-4)40-34(41)33(39-36(40)17-15-24(16-18-36)23(2)3)28-9-7-8-27(19-28)29-20-30(37)22-31(38)21-29;1-5-6-10-26(22-11-13-23(14-12-22)29(35)36-4)33-28(34)27(24-8-7-9-25(31)19-24)32-30(33)17-15-21(16-18-30)20(2)3;8-5-1-4(7(10)11)2-6(9)3-5/h7-9,11-14,19-22,29,32H,5-6,10,15-18,23H2,1-4H3,(H,41,48)(H,43,44,45,46);7-9,11-14,19-24,32H,5-6,10,15-18H2,1-4H3;7-9,11-14,19-21,26H,5-6,10,15-18H2,1-4H3;1-3,10-11H/t29?,32-,38?;24?,32-,36?;21?,26-,30?;/m111./s1. The molecule has 1 aromatic heterocycles. The van der Waals surface area contributed by atoms with Crippen molar-refractivity contribution in [3.8, 4) is 22.3 Å². The number of unbranched alkanes of at least 4 members (excludes halogenated alkanes) is 3. The highest BCUT2D eigenvalue weighted by atomic mass is 79.9. The van der Waals surface area contributed by atoms with Gasteiger partial charge in [-0.25, -0.2) is 9.59 Å². The van der Waals surface area contributed by atoms with Gasteiger partial charge in [0.1, 0.15) is 34.1 Å². The average molecular weight is 2060 g/mol. The molecule has 4 heterocycles. The van der Waals surface area contributed by atoms with Crippen molar-refractivity contribution in [2.45, 2.75) is 246 Å². The van der Waals surface area contributed by atoms with E-state index in [4.69, 9.17) is 104 Å². The van der Waals surface area contributed by atoms with Crippen molar-refractivity contribution < 1.29 is 48.3 Å². The van der Waals surface area contributed by atoms with Crippen LogP contribution < -0.4 is 10.8 Å². The number of carbonyl (C=O) groups is 6. The fraction of sp³-hybridized carbons (Fsp3) is 0.418. The first-order valence-electron chi connectivity index (χ1n) is 48.5. The molecule has 4 N–H and O–H groups in total. The maximum absolute atomic E-state index is 14.8. The summed E-state index contributed by atoms with van der Waals surface area (Å²) in [5.41, 5.74) is 10.9. The van der Waals surface area contributed by atoms with Crippen molar-refractivity contribution in [3.05, 3.63) is 291 Å². The fourth-order valence-electron chi connectivity index (χ4n) is 20.6. The number of aromatic amines is 1. The molecule has 3 spiro atoms. The number of hydrogen-bond acceptors (Lipinski definition) is 16. The van der Waals surface area contributed by atoms with Crippen molar-refractivity contribution in [1.29, 1.82) is 0 Å². The third-order valence-electron chi connectivity index (χ3n) is 28.3. The fourth-order valence-corrected chi connectivity index (χ4v) is 22.5. The Hall–Kier alpha value is -9.92. The summed E-state index contributed by atoms with van der Waals surface area (Å²) in [7, 11) is 1.25. The lowest BCUT2D eigenvalue weighted by Crippen LogP contribution is -2.51. The normalized spacial score (nSPS) is 20.2. The van der Waals surface area contributed by atoms with Gasteiger partial charge in [0.2, 0.25) is 0 Å². The molecular weight excluding hydrogens is 1940 g/mol. The lowest BCUT2D eigenvalue weighted by atomic mass is 9.69. The number of benzene rings is 9. The molecule has 0 unspecified atom stereocenters. The number of hydrogen-bond donors (Lipinski definition) is 4. The van der Waals surface area contributed by atoms with E-state index in [0.717, 1.165) is 195 Å². The predicted octanol–water partition coefficient (Wildman–Crippen LogP) is 26.2. The maximum atomic E-state index is 14.8. The molecule has 3 saturated carbocycles. The van der Waals surface area contributed by atoms with Gasteiger partial charge < -0.3 is 39.5 Å². The summed E-state index contributed by atoms with van der Waals surface area (Å²) in [6.45, 7) is 22.8. The smallest absolute Gasteiger partial charge is 0.465 e. The minimum absolute atomic E-state index is 0.00856. The Morgan fingerprint density at radius 3 is 1.11 bits per heavy atom. The van der Waals surface area contributed by atoms with Crippen LogP contribution in [-0.2, 0) is 30.4 Å². The Morgan fingerprint density at radius 2 is 0.791 bits per heavy atom. The molecule has 3 aliphatic heterocycles. The molecule has 732 valence electrons. The van der Waals surface area contributed by atoms with Crippen LogP contribution in [-0.4, -0.2) is 136 Å². The highest BCUT2D eigenvalue weighted by Crippen LogP contribution is 2.54. The number of nitrogens with one attached hydrogen (secondary N) is 2. The molecule has 9 aromatic carbocycles. The summed E-state index contributed by atoms with van der Waals surface area (Å²) in [5, 5.41) is 37.0. The molecule has 3 aliphatic carbocycles. The van der Waals surface area contributed by atoms with E-state index in [1.54, 1.807) is 36.4 Å². The number of methoxy groups -OCH3 is 2. The predicted molar refractivity (Wildman–Crippen MR) is 562 cm³/mol. The van der Waals surface area contributed by atoms with Gasteiger partial charge in [-0.15, -0.1) is 10.2 Å². The van der Waals surface area contributed by atoms with Crippen LogP contribution in [0.5, 0.6) is 0 Å². The molecule has 10 aromatic rings. The Labute approximate surface area is 856 Å². The number of tetrazole rings is 1. The van der Waals surface area contributed by atoms with E-state index in [1.165, 1.54) is 32.4 Å². The summed E-state index contributed by atoms with van der Waals surface area (Å²) in [6, 6.07) is 61.3. The summed E-state index contributed by atoms with van der Waals surface area (Å²) >= 11 is 40.1. The molecule has 3 atom stereocenters. The van der Waals surface area contributed by atoms with Gasteiger partial charge in [0.25, 0.3) is 23.6 Å². The van der Waals surface area contributed by atoms with Crippen LogP contribution in [0.25, 0.3) is 22.3 Å². The van der Waals surface area contributed by atoms with E-state index in [1.807, 2.05) is 146 Å². The number of aromatic nitrogens is 4. The Morgan fingerprint density at radius 1 is 0.460 bits per heavy atom. The minimum atomic E-state index is -1.52. The number of aliphatic imine (C=N–C) groups is 3. The van der Waals surface area contributed by atoms with Crippen LogP contribution in [0.2, 0.25) is 30.1 Å². The molecule has 21 nitrogen and oxygen atoms in total. The number of halogens is 7. The van der Waals surface area contributed by atoms with E-state index in [0.29, 0.717) is 105 Å². The van der Waals surface area contributed by atoms with Crippen molar-refractivity contribution in [2.24, 2.45) is 50.0 Å². The molecular formula is C110H125BBrCl6N11O10. The zero-order chi connectivity index (χ0) is 99.8. The third kappa shape index (κ3) is 25.8. The van der Waals surface area contributed by atoms with E-state index in [9.17, 15) is 28.8 Å². The molecule has 139 heavy (non-hydrogen) atoms. The number of amides is 4. The number of H-pyrrole nitrogens is 1. The van der Waals surface area contributed by atoms with Crippen LogP contribution in [0.3, 0.4) is 0 Å². The van der Waals surface area contributed by atoms with Gasteiger partial charge >= 0.3 is 19.1 Å². The Balaban J connectivity index is 0.000000168. The van der Waals surface area contributed by atoms with Crippen LogP contribution in [0.15, 0.2) is 220 Å². The minimum Gasteiger partial charge on any atom is -0.465 e. The summed E-state index contributed by atoms with van der Waals surface area (Å²) in [5.74, 6) is 2.40. The first kappa shape index (κ1) is 106. The van der Waals surface area contributed by atoms with Crippen LogP contribution >= 0.6 is 85.5 Å². The molecule has 29 heteroatoms. The van der Waals surface area contributed by atoms with Gasteiger partial charge in [-0.1, -0.05) is 283 Å². The zero-order valence-electron chi connectivity index (χ0n) is 81.1. The molecule has 0 radical (unpaired) electrons. The van der Waals surface area contributed by atoms with Gasteiger partial charge in [-0.05, 0) is 291 Å². The van der Waals surface area contributed by atoms with Crippen molar-refractivity contribution in [2.75, 3.05) is 14.2 Å². The molecule has 0 saturated heterocycles. The largest absolute Gasteiger partial charge is 0.488 e. The highest BCUT2D eigenvalue weighted by Gasteiger charge is 2.56. The molecule has 3 fully saturated rings. The average Bonchev–Trinajstić information content (AvgIpc) is 1.57. The SMILES string of the molecule is CCCC[C@H](c1ccc(C(=O)NCc2nn[nH]n2)cc1)N1C(=O)C(c2cccc(-c3cc(Cl)cc(Cl)c3)c2)=NC12CCC(C(C)(C)C)CC2.CCCC[C@H](c1ccc(C(=O)OC)cc1)N1C(=O)C(c2cccc(-c3cc(Cl)cc(Cl)c3)c2)=NC12CCC(C(C)C)CC2.CCCC[C@H](c1ccc(C(=O)OC)cc1)N1C(=O)C(c2cccc(Br)c2)=NC12CCC(C(C)C)CC2.OB(O)c1cc(Cl)cc(Cl)c1. The topological polar surface area (TPSA) is 275 Å². The number of rotatable bonds is 28. The van der Waals surface area contributed by atoms with Crippen molar-refractivity contribution >= 4 is 151 Å². The first-order valence-corrected chi connectivity index (χ1v) is 51.6. The monoisotopic (exact) mass is 2060 g/mol. The maximum Gasteiger partial charge on any atom is 0.488 e. The third-order valence-corrected chi connectivity index (χ3v) is 30.1. The van der Waals surface area contributed by atoms with Crippen LogP contribution in [0.1, 0.15) is 292 Å². The summed E-state index contributed by atoms with van der Waals surface area (Å²) < 4.78 is 10.7. The quantitative estimate of drug-likeness (QED) is 0.0263. The first-order chi connectivity index (χ1) is 66.5. The lowest BCUT2D eigenvalue weighted by molar-refractivity contribution is -0.134. The van der Waals surface area contributed by atoms with E-state index < -0.39 is 24.1 Å². The second-order valence-corrected chi connectivity index (χ2v) is 42.6. The second kappa shape index (κ2) is 47.8. The lowest BCUT2D eigenvalue weighted by Gasteiger charge is -2.47. The number of esters is 2. The Kier molecular flexibility index (Phi) is 36.6. The van der Waals surface area contributed by atoms with Crippen molar-refractivity contribution in [1.82, 2.24) is 40.6 Å². The van der Waals surface area contributed by atoms with E-state index in [-0.39, 0.29) is 65.7 Å². The number of nitrogens with zero attached hydrogens (tertiary/aromatic N) is 9. The second-order valence-electron chi connectivity index (χ2n) is 39.1. The van der Waals surface area contributed by atoms with Gasteiger partial charge in [-0.3, -0.25) is 34.2 Å². The molecule has 4 amide bonds. The van der Waals surface area contributed by atoms with Gasteiger partial charge in [0.15, 0.2) is 5.82 Å². The van der Waals surface area contributed by atoms with Gasteiger partial charge in [0, 0.05) is 56.9 Å². The van der Waals surface area contributed by atoms with Crippen molar-refractivity contribution in [3.63, 3.8) is 0 Å². The van der Waals surface area contributed by atoms with Crippen LogP contribution in [0.4, 0.5) is 0 Å². The number of carbonyl (C=O) groups excluding carboxylic acids is 6.